The Balaban J connectivity index is 3.20. The van der Waals surface area contributed by atoms with E-state index >= 15 is 0 Å². The Hall–Kier alpha value is -0.280. The monoisotopic (exact) mass is 214 g/mol. The minimum absolute atomic E-state index is 0.428. The molecule has 0 aliphatic carbocycles. The fourth-order valence-electron chi connectivity index (χ4n) is 1.15. The molecule has 0 radical (unpaired) electrons. The Kier molecular flexibility index (Phi) is 4.00. The zero-order valence-electron chi connectivity index (χ0n) is 8.13. The molecule has 1 rings (SSSR count). The first-order chi connectivity index (χ1) is 6.22. The Morgan fingerprint density at radius 2 is 1.62 bits per heavy atom. The van der Waals surface area contributed by atoms with Gasteiger partial charge in [-0.1, -0.05) is 6.92 Å². The van der Waals surface area contributed by atoms with Crippen LogP contribution in [0.1, 0.15) is 12.5 Å². The first-order valence-corrected chi connectivity index (χ1v) is 6.61. The normalized spacial score (nSPS) is 10.4. The highest BCUT2D eigenvalue weighted by Gasteiger charge is 2.07. The summed E-state index contributed by atoms with van der Waals surface area (Å²) >= 11 is 3.18. The zero-order chi connectivity index (χ0) is 9.84. The lowest BCUT2D eigenvalue weighted by atomic mass is 10.2. The summed E-state index contributed by atoms with van der Waals surface area (Å²) in [6.45, 7) is 2.13. The lowest BCUT2D eigenvalue weighted by Crippen LogP contribution is -1.84. The molecule has 0 saturated heterocycles. The van der Waals surface area contributed by atoms with E-state index in [0.717, 1.165) is 16.2 Å². The molecule has 0 bridgehead atoms. The Morgan fingerprint density at radius 3 is 1.92 bits per heavy atom. The fraction of sp³-hybridized carbons (Fsp3) is 0.400. The lowest BCUT2D eigenvalue weighted by Gasteiger charge is -2.08. The molecule has 1 aromatic rings. The molecule has 0 aliphatic heterocycles. The van der Waals surface area contributed by atoms with E-state index in [-0.39, 0.29) is 0 Å². The predicted molar refractivity (Wildman–Crippen MR) is 61.0 cm³/mol. The molecule has 0 fully saturated rings. The van der Waals surface area contributed by atoms with Crippen LogP contribution >= 0.6 is 23.5 Å². The summed E-state index contributed by atoms with van der Waals surface area (Å²) in [5.41, 5.74) is 1.28. The number of rotatable bonds is 3. The van der Waals surface area contributed by atoms with Crippen molar-refractivity contribution < 1.29 is 5.11 Å². The van der Waals surface area contributed by atoms with E-state index < -0.39 is 0 Å². The molecule has 13 heavy (non-hydrogen) atoms. The summed E-state index contributed by atoms with van der Waals surface area (Å²) in [5.74, 6) is 0.428. The molecule has 1 N–H and O–H groups in total. The summed E-state index contributed by atoms with van der Waals surface area (Å²) in [6, 6.07) is 4.11. The van der Waals surface area contributed by atoms with E-state index in [1.165, 1.54) is 5.56 Å². The summed E-state index contributed by atoms with van der Waals surface area (Å²) in [4.78, 5) is 1.95. The molecule has 72 valence electrons. The smallest absolute Gasteiger partial charge is 0.142 e. The molecular formula is C10H14OS2. The molecule has 1 nitrogen and oxygen atoms in total. The molecule has 0 atom stereocenters. The van der Waals surface area contributed by atoms with E-state index in [0.29, 0.717) is 5.75 Å². The first-order valence-electron chi connectivity index (χ1n) is 4.16. The van der Waals surface area contributed by atoms with Crippen LogP contribution in [0.5, 0.6) is 5.75 Å². The minimum atomic E-state index is 0.428. The first kappa shape index (κ1) is 10.8. The van der Waals surface area contributed by atoms with Crippen molar-refractivity contribution in [2.45, 2.75) is 23.1 Å². The minimum Gasteiger partial charge on any atom is -0.506 e. The predicted octanol–water partition coefficient (Wildman–Crippen LogP) is 3.40. The van der Waals surface area contributed by atoms with Gasteiger partial charge in [0.2, 0.25) is 0 Å². The van der Waals surface area contributed by atoms with Gasteiger partial charge < -0.3 is 5.11 Å². The molecule has 1 aromatic carbocycles. The molecule has 0 aliphatic rings. The van der Waals surface area contributed by atoms with Crippen molar-refractivity contribution in [1.82, 2.24) is 0 Å². The van der Waals surface area contributed by atoms with Gasteiger partial charge in [0.05, 0.1) is 9.79 Å². The number of phenolic OH excluding ortho intramolecular Hbond substituents is 1. The maximum Gasteiger partial charge on any atom is 0.142 e. The van der Waals surface area contributed by atoms with E-state index in [2.05, 4.69) is 19.1 Å². The van der Waals surface area contributed by atoms with Crippen LogP contribution in [0.3, 0.4) is 0 Å². The van der Waals surface area contributed by atoms with Gasteiger partial charge >= 0.3 is 0 Å². The van der Waals surface area contributed by atoms with Crippen LogP contribution in [0.2, 0.25) is 0 Å². The number of phenols is 1. The van der Waals surface area contributed by atoms with Crippen LogP contribution in [0.15, 0.2) is 21.9 Å². The third kappa shape index (κ3) is 2.35. The van der Waals surface area contributed by atoms with Crippen LogP contribution in [0.4, 0.5) is 0 Å². The second kappa shape index (κ2) is 4.82. The van der Waals surface area contributed by atoms with Gasteiger partial charge in [0.25, 0.3) is 0 Å². The third-order valence-electron chi connectivity index (χ3n) is 1.95. The standard InChI is InChI=1S/C10H14OS2/c1-4-7-5-8(12-2)10(11)9(6-7)13-3/h5-6,11H,4H2,1-3H3. The number of hydrogen-bond acceptors (Lipinski definition) is 3. The van der Waals surface area contributed by atoms with Gasteiger partial charge in [-0.05, 0) is 36.6 Å². The fourth-order valence-corrected chi connectivity index (χ4v) is 2.36. The van der Waals surface area contributed by atoms with Crippen molar-refractivity contribution in [3.63, 3.8) is 0 Å². The zero-order valence-corrected chi connectivity index (χ0v) is 9.76. The van der Waals surface area contributed by atoms with Crippen LogP contribution < -0.4 is 0 Å². The highest BCUT2D eigenvalue weighted by atomic mass is 32.2. The number of thioether (sulfide) groups is 2. The van der Waals surface area contributed by atoms with Crippen molar-refractivity contribution in [2.24, 2.45) is 0 Å². The van der Waals surface area contributed by atoms with Crippen LogP contribution in [-0.4, -0.2) is 17.6 Å². The molecule has 0 unspecified atom stereocenters. The van der Waals surface area contributed by atoms with Gasteiger partial charge in [-0.3, -0.25) is 0 Å². The van der Waals surface area contributed by atoms with Crippen molar-refractivity contribution in [2.75, 3.05) is 12.5 Å². The maximum atomic E-state index is 9.77. The molecule has 0 spiro atoms. The maximum absolute atomic E-state index is 9.77. The van der Waals surface area contributed by atoms with Gasteiger partial charge in [-0.15, -0.1) is 23.5 Å². The molecule has 0 heterocycles. The highest BCUT2D eigenvalue weighted by Crippen LogP contribution is 2.36. The Bertz CT molecular complexity index is 272. The largest absolute Gasteiger partial charge is 0.506 e. The van der Waals surface area contributed by atoms with Gasteiger partial charge in [0.1, 0.15) is 5.75 Å². The summed E-state index contributed by atoms with van der Waals surface area (Å²) in [6.07, 6.45) is 4.98. The molecular weight excluding hydrogens is 200 g/mol. The van der Waals surface area contributed by atoms with E-state index in [9.17, 15) is 5.11 Å². The van der Waals surface area contributed by atoms with Gasteiger partial charge in [0.15, 0.2) is 0 Å². The van der Waals surface area contributed by atoms with E-state index in [1.807, 2.05) is 12.5 Å². The van der Waals surface area contributed by atoms with Crippen LogP contribution in [-0.2, 0) is 6.42 Å². The van der Waals surface area contributed by atoms with Crippen molar-refractivity contribution in [3.05, 3.63) is 17.7 Å². The van der Waals surface area contributed by atoms with Crippen molar-refractivity contribution >= 4 is 23.5 Å². The third-order valence-corrected chi connectivity index (χ3v) is 3.45. The second-order valence-corrected chi connectivity index (χ2v) is 4.40. The molecule has 0 aromatic heterocycles. The average Bonchev–Trinajstić information content (AvgIpc) is 2.18. The van der Waals surface area contributed by atoms with Gasteiger partial charge in [-0.25, -0.2) is 0 Å². The van der Waals surface area contributed by atoms with Crippen molar-refractivity contribution in [3.8, 4) is 5.75 Å². The summed E-state index contributed by atoms with van der Waals surface area (Å²) in [7, 11) is 0. The number of hydrogen-bond donors (Lipinski definition) is 1. The quantitative estimate of drug-likeness (QED) is 0.779. The Morgan fingerprint density at radius 1 is 1.15 bits per heavy atom. The SMILES string of the molecule is CCc1cc(SC)c(O)c(SC)c1. The molecule has 3 heteroatoms. The highest BCUT2D eigenvalue weighted by molar-refractivity contribution is 7.99. The van der Waals surface area contributed by atoms with E-state index in [1.54, 1.807) is 23.5 Å². The summed E-state index contributed by atoms with van der Waals surface area (Å²) < 4.78 is 0. The topological polar surface area (TPSA) is 20.2 Å². The second-order valence-electron chi connectivity index (χ2n) is 2.70. The van der Waals surface area contributed by atoms with Gasteiger partial charge in [0, 0.05) is 0 Å². The van der Waals surface area contributed by atoms with Crippen LogP contribution in [0, 0.1) is 0 Å². The van der Waals surface area contributed by atoms with Crippen LogP contribution in [0.25, 0.3) is 0 Å². The average molecular weight is 214 g/mol. The van der Waals surface area contributed by atoms with E-state index in [4.69, 9.17) is 0 Å². The van der Waals surface area contributed by atoms with Gasteiger partial charge in [-0.2, -0.15) is 0 Å². The Labute approximate surface area is 87.9 Å². The lowest BCUT2D eigenvalue weighted by molar-refractivity contribution is 0.448. The number of benzene rings is 1. The number of aromatic hydroxyl groups is 1. The molecule has 0 amide bonds. The number of aryl methyl sites for hydroxylation is 1. The summed E-state index contributed by atoms with van der Waals surface area (Å²) in [5, 5.41) is 9.77. The van der Waals surface area contributed by atoms with Crippen molar-refractivity contribution in [1.29, 1.82) is 0 Å². The molecule has 0 saturated carbocycles.